The van der Waals surface area contributed by atoms with E-state index in [9.17, 15) is 5.11 Å². The number of aliphatic hydroxyl groups is 1. The molecule has 0 aliphatic rings. The van der Waals surface area contributed by atoms with Crippen molar-refractivity contribution in [3.8, 4) is 0 Å². The minimum Gasteiger partial charge on any atom is -0.396 e. The highest BCUT2D eigenvalue weighted by molar-refractivity contribution is 5.83. The zero-order valence-corrected chi connectivity index (χ0v) is 12.8. The van der Waals surface area contributed by atoms with Crippen molar-refractivity contribution >= 4 is 10.9 Å². The van der Waals surface area contributed by atoms with E-state index in [0.717, 1.165) is 36.9 Å². The number of fused-ring (bicyclic) bond motifs is 1. The van der Waals surface area contributed by atoms with E-state index in [1.807, 2.05) is 0 Å². The molecular weight excluding hydrogens is 246 g/mol. The van der Waals surface area contributed by atoms with Gasteiger partial charge in [-0.1, -0.05) is 26.3 Å². The normalized spacial score (nSPS) is 12.8. The molecule has 0 fully saturated rings. The van der Waals surface area contributed by atoms with Gasteiger partial charge < -0.3 is 5.11 Å². The fraction of sp³-hybridized carbons (Fsp3) is 0.500. The molecular formula is C18H25NO. The van der Waals surface area contributed by atoms with E-state index < -0.39 is 0 Å². The van der Waals surface area contributed by atoms with E-state index in [1.54, 1.807) is 0 Å². The van der Waals surface area contributed by atoms with Crippen LogP contribution in [0.3, 0.4) is 0 Å². The summed E-state index contributed by atoms with van der Waals surface area (Å²) in [5.74, 6) is 0.459. The van der Waals surface area contributed by atoms with Gasteiger partial charge in [0, 0.05) is 17.7 Å². The lowest BCUT2D eigenvalue weighted by Crippen LogP contribution is -2.02. The Morgan fingerprint density at radius 2 is 1.95 bits per heavy atom. The Morgan fingerprint density at radius 1 is 1.15 bits per heavy atom. The van der Waals surface area contributed by atoms with Crippen molar-refractivity contribution < 1.29 is 5.11 Å². The predicted octanol–water partition coefficient (Wildman–Crippen LogP) is 4.37. The molecule has 0 bridgehead atoms. The van der Waals surface area contributed by atoms with Crippen molar-refractivity contribution in [1.29, 1.82) is 0 Å². The number of aliphatic hydroxyl groups excluding tert-OH is 1. The number of pyridine rings is 1. The van der Waals surface area contributed by atoms with Crippen LogP contribution < -0.4 is 0 Å². The second-order valence-electron chi connectivity index (χ2n) is 5.55. The molecule has 1 N–H and O–H groups in total. The second-order valence-corrected chi connectivity index (χ2v) is 5.55. The summed E-state index contributed by atoms with van der Waals surface area (Å²) in [7, 11) is 0. The van der Waals surface area contributed by atoms with Crippen LogP contribution in [0.25, 0.3) is 10.9 Å². The zero-order valence-electron chi connectivity index (χ0n) is 12.8. The molecule has 20 heavy (non-hydrogen) atoms. The van der Waals surface area contributed by atoms with Crippen molar-refractivity contribution in [2.75, 3.05) is 6.61 Å². The van der Waals surface area contributed by atoms with Crippen LogP contribution in [0.4, 0.5) is 0 Å². The first kappa shape index (κ1) is 15.0. The lowest BCUT2D eigenvalue weighted by atomic mass is 9.90. The summed E-state index contributed by atoms with van der Waals surface area (Å²) in [6, 6.07) is 8.80. The summed E-state index contributed by atoms with van der Waals surface area (Å²) < 4.78 is 0. The van der Waals surface area contributed by atoms with E-state index in [2.05, 4.69) is 50.0 Å². The third kappa shape index (κ3) is 3.18. The molecule has 0 saturated heterocycles. The molecule has 0 spiro atoms. The van der Waals surface area contributed by atoms with Gasteiger partial charge in [0.05, 0.1) is 5.52 Å². The summed E-state index contributed by atoms with van der Waals surface area (Å²) in [5, 5.41) is 10.5. The maximum absolute atomic E-state index is 9.26. The lowest BCUT2D eigenvalue weighted by molar-refractivity contribution is 0.272. The van der Waals surface area contributed by atoms with Crippen LogP contribution in [0.5, 0.6) is 0 Å². The van der Waals surface area contributed by atoms with Crippen LogP contribution >= 0.6 is 0 Å². The molecule has 1 atom stereocenters. The van der Waals surface area contributed by atoms with Crippen LogP contribution in [0.2, 0.25) is 0 Å². The van der Waals surface area contributed by atoms with Crippen molar-refractivity contribution in [1.82, 2.24) is 4.98 Å². The van der Waals surface area contributed by atoms with E-state index in [0.29, 0.717) is 5.92 Å². The topological polar surface area (TPSA) is 33.1 Å². The molecule has 2 nitrogen and oxygen atoms in total. The van der Waals surface area contributed by atoms with Crippen LogP contribution in [-0.2, 0) is 6.42 Å². The molecule has 2 aromatic rings. The zero-order chi connectivity index (χ0) is 14.5. The van der Waals surface area contributed by atoms with Crippen LogP contribution in [-0.4, -0.2) is 16.7 Å². The number of hydrogen-bond acceptors (Lipinski definition) is 2. The fourth-order valence-electron chi connectivity index (χ4n) is 2.99. The number of hydrogen-bond donors (Lipinski definition) is 1. The van der Waals surface area contributed by atoms with Crippen molar-refractivity contribution in [3.05, 3.63) is 41.1 Å². The van der Waals surface area contributed by atoms with Gasteiger partial charge in [-0.2, -0.15) is 0 Å². The first-order chi connectivity index (χ1) is 9.69. The number of rotatable bonds is 6. The van der Waals surface area contributed by atoms with Gasteiger partial charge in [0.15, 0.2) is 0 Å². The van der Waals surface area contributed by atoms with Gasteiger partial charge in [-0.15, -0.1) is 0 Å². The smallest absolute Gasteiger partial charge is 0.0708 e. The van der Waals surface area contributed by atoms with E-state index in [1.165, 1.54) is 16.5 Å². The van der Waals surface area contributed by atoms with Crippen LogP contribution in [0.15, 0.2) is 24.3 Å². The highest BCUT2D eigenvalue weighted by atomic mass is 16.3. The Labute approximate surface area is 121 Å². The largest absolute Gasteiger partial charge is 0.396 e. The minimum atomic E-state index is 0.259. The predicted molar refractivity (Wildman–Crippen MR) is 85.2 cm³/mol. The maximum atomic E-state index is 9.26. The molecule has 108 valence electrons. The van der Waals surface area contributed by atoms with Crippen LogP contribution in [0, 0.1) is 6.92 Å². The maximum Gasteiger partial charge on any atom is 0.0708 e. The molecule has 0 aliphatic carbocycles. The minimum absolute atomic E-state index is 0.259. The van der Waals surface area contributed by atoms with E-state index >= 15 is 0 Å². The van der Waals surface area contributed by atoms with Gasteiger partial charge in [-0.25, -0.2) is 0 Å². The SMILES string of the molecule is CCCC(CCO)c1ccc2nc(C)cc(CC)c2c1. The first-order valence-electron chi connectivity index (χ1n) is 7.70. The van der Waals surface area contributed by atoms with Gasteiger partial charge in [0.2, 0.25) is 0 Å². The monoisotopic (exact) mass is 271 g/mol. The number of benzene rings is 1. The molecule has 0 radical (unpaired) electrons. The summed E-state index contributed by atoms with van der Waals surface area (Å²) in [5.41, 5.74) is 4.88. The molecule has 0 aliphatic heterocycles. The average molecular weight is 271 g/mol. The molecule has 2 rings (SSSR count). The van der Waals surface area contributed by atoms with Crippen molar-refractivity contribution in [2.45, 2.75) is 52.4 Å². The Bertz CT molecular complexity index is 571. The molecule has 1 aromatic carbocycles. The second kappa shape index (κ2) is 6.85. The quantitative estimate of drug-likeness (QED) is 0.846. The molecule has 1 unspecified atom stereocenters. The van der Waals surface area contributed by atoms with Gasteiger partial charge in [0.1, 0.15) is 0 Å². The van der Waals surface area contributed by atoms with Crippen molar-refractivity contribution in [2.24, 2.45) is 0 Å². The molecule has 0 saturated carbocycles. The lowest BCUT2D eigenvalue weighted by Gasteiger charge is -2.17. The number of nitrogens with zero attached hydrogens (tertiary/aromatic N) is 1. The van der Waals surface area contributed by atoms with E-state index in [-0.39, 0.29) is 6.61 Å². The van der Waals surface area contributed by atoms with Gasteiger partial charge in [-0.3, -0.25) is 4.98 Å². The highest BCUT2D eigenvalue weighted by Crippen LogP contribution is 2.29. The van der Waals surface area contributed by atoms with E-state index in [4.69, 9.17) is 0 Å². The molecule has 1 aromatic heterocycles. The summed E-state index contributed by atoms with van der Waals surface area (Å²) in [6.45, 7) is 6.71. The number of aromatic nitrogens is 1. The number of aryl methyl sites for hydroxylation is 2. The molecule has 0 amide bonds. The van der Waals surface area contributed by atoms with Crippen LogP contribution in [0.1, 0.15) is 55.8 Å². The Hall–Kier alpha value is -1.41. The van der Waals surface area contributed by atoms with Crippen molar-refractivity contribution in [3.63, 3.8) is 0 Å². The summed E-state index contributed by atoms with van der Waals surface area (Å²) in [4.78, 5) is 4.63. The Kier molecular flexibility index (Phi) is 5.13. The summed E-state index contributed by atoms with van der Waals surface area (Å²) in [6.07, 6.45) is 4.16. The molecule has 2 heteroatoms. The first-order valence-corrected chi connectivity index (χ1v) is 7.70. The highest BCUT2D eigenvalue weighted by Gasteiger charge is 2.12. The van der Waals surface area contributed by atoms with Gasteiger partial charge in [-0.05, 0) is 61.4 Å². The third-order valence-corrected chi connectivity index (χ3v) is 4.01. The van der Waals surface area contributed by atoms with Gasteiger partial charge >= 0.3 is 0 Å². The third-order valence-electron chi connectivity index (χ3n) is 4.01. The summed E-state index contributed by atoms with van der Waals surface area (Å²) >= 11 is 0. The van der Waals surface area contributed by atoms with Gasteiger partial charge in [0.25, 0.3) is 0 Å². The Balaban J connectivity index is 2.48. The molecule has 1 heterocycles. The fourth-order valence-corrected chi connectivity index (χ4v) is 2.99. The standard InChI is InChI=1S/C18H25NO/c1-4-6-15(9-10-20)16-7-8-18-17(12-16)14(5-2)11-13(3)19-18/h7-8,11-12,15,20H,4-6,9-10H2,1-3H3. The Morgan fingerprint density at radius 3 is 2.60 bits per heavy atom. The average Bonchev–Trinajstić information content (AvgIpc) is 2.45.